The molecule has 0 atom stereocenters. The fraction of sp³-hybridized carbons (Fsp3) is 0.421. The molecule has 0 unspecified atom stereocenters. The highest BCUT2D eigenvalue weighted by molar-refractivity contribution is 7.17. The van der Waals surface area contributed by atoms with Crippen molar-refractivity contribution in [1.29, 1.82) is 0 Å². The van der Waals surface area contributed by atoms with Crippen molar-refractivity contribution in [1.82, 2.24) is 9.80 Å². The van der Waals surface area contributed by atoms with Gasteiger partial charge in [-0.3, -0.25) is 19.8 Å². The van der Waals surface area contributed by atoms with Crippen molar-refractivity contribution in [3.63, 3.8) is 0 Å². The number of thiophene rings is 1. The molecule has 1 amide bonds. The molecule has 1 aliphatic heterocycles. The number of methoxy groups -OCH3 is 3. The van der Waals surface area contributed by atoms with Gasteiger partial charge in [0.2, 0.25) is 5.75 Å². The van der Waals surface area contributed by atoms with Crippen LogP contribution in [-0.4, -0.2) is 68.1 Å². The minimum atomic E-state index is -0.476. The third kappa shape index (κ3) is 4.43. The lowest BCUT2D eigenvalue weighted by atomic mass is 10.1. The number of carbonyl (C=O) groups excluding carboxylic acids is 1. The Morgan fingerprint density at radius 1 is 1.03 bits per heavy atom. The van der Waals surface area contributed by atoms with E-state index in [-0.39, 0.29) is 10.9 Å². The molecule has 0 bridgehead atoms. The number of nitro groups is 1. The van der Waals surface area contributed by atoms with E-state index in [4.69, 9.17) is 14.2 Å². The van der Waals surface area contributed by atoms with Gasteiger partial charge in [0.05, 0.1) is 31.1 Å². The maximum atomic E-state index is 12.6. The minimum absolute atomic E-state index is 0.0208. The number of amides is 1. The second-order valence-corrected chi connectivity index (χ2v) is 7.52. The molecule has 3 rings (SSSR count). The topological polar surface area (TPSA) is 94.4 Å². The van der Waals surface area contributed by atoms with Gasteiger partial charge in [-0.05, 0) is 12.1 Å². The Morgan fingerprint density at radius 3 is 2.28 bits per heavy atom. The van der Waals surface area contributed by atoms with Crippen LogP contribution in [0.3, 0.4) is 0 Å². The molecule has 156 valence electrons. The second kappa shape index (κ2) is 9.10. The maximum Gasteiger partial charge on any atom is 0.324 e. The molecule has 0 N–H and O–H groups in total. The summed E-state index contributed by atoms with van der Waals surface area (Å²) in [6.07, 6.45) is 0. The van der Waals surface area contributed by atoms with Crippen molar-refractivity contribution in [3.8, 4) is 17.2 Å². The van der Waals surface area contributed by atoms with Crippen LogP contribution in [0, 0.1) is 10.1 Å². The van der Waals surface area contributed by atoms with Gasteiger partial charge in [0.15, 0.2) is 11.5 Å². The van der Waals surface area contributed by atoms with Crippen molar-refractivity contribution in [3.05, 3.63) is 44.8 Å². The Labute approximate surface area is 172 Å². The zero-order valence-corrected chi connectivity index (χ0v) is 17.4. The number of ether oxygens (including phenoxy) is 3. The monoisotopic (exact) mass is 421 g/mol. The number of rotatable bonds is 7. The van der Waals surface area contributed by atoms with Gasteiger partial charge in [0, 0.05) is 44.4 Å². The van der Waals surface area contributed by atoms with Gasteiger partial charge in [-0.25, -0.2) is 0 Å². The van der Waals surface area contributed by atoms with Gasteiger partial charge in [-0.2, -0.15) is 0 Å². The summed E-state index contributed by atoms with van der Waals surface area (Å²) in [5.41, 5.74) is 0.971. The summed E-state index contributed by atoms with van der Waals surface area (Å²) >= 11 is 0.912. The standard InChI is InChI=1S/C19H23N3O6S/c1-26-14-5-4-13(17(27-2)18(14)28-3)12-20-8-10-21(11-9-20)19(23)15-6-7-16(29-15)22(24)25/h4-7H,8-12H2,1-3H3. The van der Waals surface area contributed by atoms with Crippen molar-refractivity contribution in [2.75, 3.05) is 47.5 Å². The summed E-state index contributed by atoms with van der Waals surface area (Å²) in [6.45, 7) is 3.14. The van der Waals surface area contributed by atoms with E-state index >= 15 is 0 Å². The zero-order valence-electron chi connectivity index (χ0n) is 16.5. The van der Waals surface area contributed by atoms with Crippen molar-refractivity contribution >= 4 is 22.2 Å². The second-order valence-electron chi connectivity index (χ2n) is 6.46. The van der Waals surface area contributed by atoms with Crippen LogP contribution in [-0.2, 0) is 6.54 Å². The van der Waals surface area contributed by atoms with Crippen LogP contribution in [0.5, 0.6) is 17.2 Å². The summed E-state index contributed by atoms with van der Waals surface area (Å²) in [6, 6.07) is 6.69. The van der Waals surface area contributed by atoms with Crippen LogP contribution < -0.4 is 14.2 Å². The van der Waals surface area contributed by atoms with E-state index in [1.54, 1.807) is 26.2 Å². The predicted octanol–water partition coefficient (Wildman–Crippen LogP) is 2.64. The largest absolute Gasteiger partial charge is 0.493 e. The number of hydrogen-bond acceptors (Lipinski definition) is 8. The third-order valence-corrected chi connectivity index (χ3v) is 5.85. The van der Waals surface area contributed by atoms with Gasteiger partial charge in [-0.1, -0.05) is 17.4 Å². The van der Waals surface area contributed by atoms with E-state index in [0.29, 0.717) is 54.8 Å². The molecule has 1 aromatic carbocycles. The van der Waals surface area contributed by atoms with Crippen molar-refractivity contribution in [2.24, 2.45) is 0 Å². The molecule has 1 aliphatic rings. The quantitative estimate of drug-likeness (QED) is 0.501. The minimum Gasteiger partial charge on any atom is -0.493 e. The SMILES string of the molecule is COc1ccc(CN2CCN(C(=O)c3ccc([N+](=O)[O-])s3)CC2)c(OC)c1OC. The molecule has 2 heterocycles. The molecule has 0 radical (unpaired) electrons. The van der Waals surface area contributed by atoms with Crippen LogP contribution in [0.25, 0.3) is 0 Å². The molecular formula is C19H23N3O6S. The molecule has 10 heteroatoms. The van der Waals surface area contributed by atoms with Gasteiger partial charge in [-0.15, -0.1) is 0 Å². The van der Waals surface area contributed by atoms with Gasteiger partial charge < -0.3 is 19.1 Å². The van der Waals surface area contributed by atoms with E-state index in [0.717, 1.165) is 16.9 Å². The van der Waals surface area contributed by atoms with Gasteiger partial charge in [0.25, 0.3) is 5.91 Å². The van der Waals surface area contributed by atoms with Crippen LogP contribution >= 0.6 is 11.3 Å². The fourth-order valence-electron chi connectivity index (χ4n) is 3.33. The number of piperazine rings is 1. The van der Waals surface area contributed by atoms with E-state index in [1.165, 1.54) is 12.1 Å². The lowest BCUT2D eigenvalue weighted by Gasteiger charge is -2.34. The molecule has 0 spiro atoms. The highest BCUT2D eigenvalue weighted by atomic mass is 32.1. The molecule has 1 fully saturated rings. The first-order chi connectivity index (χ1) is 14.0. The Balaban J connectivity index is 1.64. The normalized spacial score (nSPS) is 14.5. The molecule has 1 saturated heterocycles. The molecule has 2 aromatic rings. The van der Waals surface area contributed by atoms with Gasteiger partial charge in [0.1, 0.15) is 0 Å². The fourth-order valence-corrected chi connectivity index (χ4v) is 4.12. The van der Waals surface area contributed by atoms with Crippen molar-refractivity contribution < 1.29 is 23.9 Å². The Kier molecular flexibility index (Phi) is 6.55. The highest BCUT2D eigenvalue weighted by Crippen LogP contribution is 2.40. The zero-order chi connectivity index (χ0) is 21.0. The summed E-state index contributed by atoms with van der Waals surface area (Å²) in [7, 11) is 4.75. The summed E-state index contributed by atoms with van der Waals surface area (Å²) < 4.78 is 16.3. The average molecular weight is 421 g/mol. The Morgan fingerprint density at radius 2 is 1.72 bits per heavy atom. The van der Waals surface area contributed by atoms with Crippen LogP contribution in [0.2, 0.25) is 0 Å². The summed E-state index contributed by atoms with van der Waals surface area (Å²) in [5.74, 6) is 1.64. The lowest BCUT2D eigenvalue weighted by Crippen LogP contribution is -2.48. The summed E-state index contributed by atoms with van der Waals surface area (Å²) in [4.78, 5) is 27.3. The van der Waals surface area contributed by atoms with E-state index in [9.17, 15) is 14.9 Å². The molecule has 0 aliphatic carbocycles. The molecular weight excluding hydrogens is 398 g/mol. The first-order valence-electron chi connectivity index (χ1n) is 9.02. The molecule has 0 saturated carbocycles. The number of carbonyl (C=O) groups is 1. The molecule has 1 aromatic heterocycles. The smallest absolute Gasteiger partial charge is 0.324 e. The van der Waals surface area contributed by atoms with E-state index in [2.05, 4.69) is 4.90 Å². The Bertz CT molecular complexity index is 892. The first-order valence-corrected chi connectivity index (χ1v) is 9.83. The maximum absolute atomic E-state index is 12.6. The number of hydrogen-bond donors (Lipinski definition) is 0. The average Bonchev–Trinajstić information content (AvgIpc) is 3.24. The lowest BCUT2D eigenvalue weighted by molar-refractivity contribution is -0.380. The molecule has 9 nitrogen and oxygen atoms in total. The van der Waals surface area contributed by atoms with Crippen LogP contribution in [0.1, 0.15) is 15.2 Å². The highest BCUT2D eigenvalue weighted by Gasteiger charge is 2.26. The van der Waals surface area contributed by atoms with Crippen LogP contribution in [0.4, 0.5) is 5.00 Å². The van der Waals surface area contributed by atoms with Crippen LogP contribution in [0.15, 0.2) is 24.3 Å². The number of benzene rings is 1. The first kappa shape index (κ1) is 20.9. The van der Waals surface area contributed by atoms with E-state index in [1.807, 2.05) is 12.1 Å². The molecule has 29 heavy (non-hydrogen) atoms. The van der Waals surface area contributed by atoms with Crippen molar-refractivity contribution in [2.45, 2.75) is 6.54 Å². The van der Waals surface area contributed by atoms with Gasteiger partial charge >= 0.3 is 5.00 Å². The third-order valence-electron chi connectivity index (χ3n) is 4.82. The van der Waals surface area contributed by atoms with E-state index < -0.39 is 4.92 Å². The predicted molar refractivity (Wildman–Crippen MR) is 108 cm³/mol. The Hall–Kier alpha value is -2.85. The number of nitrogens with zero attached hydrogens (tertiary/aromatic N) is 3. The summed E-state index contributed by atoms with van der Waals surface area (Å²) in [5, 5.41) is 10.8.